The third-order valence-corrected chi connectivity index (χ3v) is 2.55. The summed E-state index contributed by atoms with van der Waals surface area (Å²) in [4.78, 5) is 7.54. The average molecular weight is 190 g/mol. The van der Waals surface area contributed by atoms with Crippen molar-refractivity contribution in [1.29, 1.82) is 0 Å². The van der Waals surface area contributed by atoms with Crippen LogP contribution >= 0.6 is 11.3 Å². The van der Waals surface area contributed by atoms with Crippen LogP contribution in [0.25, 0.3) is 15.1 Å². The zero-order valence-electron chi connectivity index (χ0n) is 6.94. The predicted octanol–water partition coefficient (Wildman–Crippen LogP) is 2.86. The number of pyridine rings is 1. The highest BCUT2D eigenvalue weighted by atomic mass is 32.1. The standard InChI is InChI=1S/C9H6N2OS/c1-10-7-5-8-6(3-4-13-8)11-9(7)12-2/h3-5H,2H3. The van der Waals surface area contributed by atoms with Gasteiger partial charge in [-0.3, -0.25) is 0 Å². The van der Waals surface area contributed by atoms with Crippen molar-refractivity contribution in [2.75, 3.05) is 7.11 Å². The lowest BCUT2D eigenvalue weighted by molar-refractivity contribution is 0.402. The van der Waals surface area contributed by atoms with Crippen molar-refractivity contribution >= 4 is 27.2 Å². The van der Waals surface area contributed by atoms with Crippen LogP contribution in [0.1, 0.15) is 0 Å². The van der Waals surface area contributed by atoms with Gasteiger partial charge in [-0.2, -0.15) is 0 Å². The van der Waals surface area contributed by atoms with Crippen molar-refractivity contribution in [3.8, 4) is 5.88 Å². The van der Waals surface area contributed by atoms with Gasteiger partial charge in [-0.25, -0.2) is 9.83 Å². The van der Waals surface area contributed by atoms with Crippen molar-refractivity contribution in [2.24, 2.45) is 0 Å². The fourth-order valence-corrected chi connectivity index (χ4v) is 1.86. The van der Waals surface area contributed by atoms with Gasteiger partial charge in [0.25, 0.3) is 0 Å². The van der Waals surface area contributed by atoms with Crippen molar-refractivity contribution < 1.29 is 4.74 Å². The molecule has 3 nitrogen and oxygen atoms in total. The van der Waals surface area contributed by atoms with Gasteiger partial charge in [0.05, 0.1) is 19.2 Å². The van der Waals surface area contributed by atoms with Crippen LogP contribution in [0.4, 0.5) is 5.69 Å². The molecule has 0 radical (unpaired) electrons. The van der Waals surface area contributed by atoms with E-state index in [0.29, 0.717) is 11.6 Å². The van der Waals surface area contributed by atoms with Gasteiger partial charge < -0.3 is 4.74 Å². The molecule has 0 unspecified atom stereocenters. The first-order chi connectivity index (χ1) is 6.35. The van der Waals surface area contributed by atoms with E-state index in [0.717, 1.165) is 10.2 Å². The van der Waals surface area contributed by atoms with Gasteiger partial charge in [0.2, 0.25) is 11.6 Å². The Morgan fingerprint density at radius 3 is 3.15 bits per heavy atom. The summed E-state index contributed by atoms with van der Waals surface area (Å²) < 4.78 is 6.01. The second-order valence-corrected chi connectivity index (χ2v) is 3.38. The summed E-state index contributed by atoms with van der Waals surface area (Å²) in [5.74, 6) is 0.404. The molecule has 0 atom stereocenters. The molecule has 13 heavy (non-hydrogen) atoms. The summed E-state index contributed by atoms with van der Waals surface area (Å²) in [6.07, 6.45) is 0. The first-order valence-electron chi connectivity index (χ1n) is 3.65. The van der Waals surface area contributed by atoms with E-state index in [1.54, 1.807) is 17.4 Å². The van der Waals surface area contributed by atoms with Crippen LogP contribution in [0.2, 0.25) is 0 Å². The van der Waals surface area contributed by atoms with Gasteiger partial charge in [0.15, 0.2) is 0 Å². The topological polar surface area (TPSA) is 26.5 Å². The quantitative estimate of drug-likeness (QED) is 0.646. The Kier molecular flexibility index (Phi) is 1.87. The van der Waals surface area contributed by atoms with Crippen molar-refractivity contribution in [2.45, 2.75) is 0 Å². The zero-order valence-corrected chi connectivity index (χ0v) is 7.76. The van der Waals surface area contributed by atoms with Crippen molar-refractivity contribution in [1.82, 2.24) is 4.98 Å². The molecule has 2 heterocycles. The van der Waals surface area contributed by atoms with E-state index in [1.165, 1.54) is 7.11 Å². The molecule has 0 saturated carbocycles. The SMILES string of the molecule is [C-]#[N+]c1cc2sccc2nc1OC. The Bertz CT molecular complexity index is 484. The van der Waals surface area contributed by atoms with Gasteiger partial charge in [-0.1, -0.05) is 0 Å². The highest BCUT2D eigenvalue weighted by Gasteiger charge is 2.06. The Hall–Kier alpha value is -1.60. The van der Waals surface area contributed by atoms with Crippen LogP contribution < -0.4 is 4.74 Å². The minimum Gasteiger partial charge on any atom is -0.490 e. The van der Waals surface area contributed by atoms with Crippen LogP contribution in [0, 0.1) is 6.57 Å². The number of methoxy groups -OCH3 is 1. The lowest BCUT2D eigenvalue weighted by atomic mass is 10.3. The fourth-order valence-electron chi connectivity index (χ4n) is 1.10. The molecule has 0 aromatic carbocycles. The number of hydrogen-bond donors (Lipinski definition) is 0. The monoisotopic (exact) mass is 190 g/mol. The molecule has 2 rings (SSSR count). The van der Waals surface area contributed by atoms with E-state index < -0.39 is 0 Å². The Morgan fingerprint density at radius 1 is 1.62 bits per heavy atom. The Morgan fingerprint density at radius 2 is 2.46 bits per heavy atom. The molecule has 0 aliphatic carbocycles. The Labute approximate surface area is 79.4 Å². The molecule has 0 aliphatic heterocycles. The molecular weight excluding hydrogens is 184 g/mol. The third-order valence-electron chi connectivity index (χ3n) is 1.70. The van der Waals surface area contributed by atoms with Crippen molar-refractivity contribution in [3.63, 3.8) is 0 Å². The summed E-state index contributed by atoms with van der Waals surface area (Å²) in [6, 6.07) is 3.72. The molecule has 0 saturated heterocycles. The summed E-state index contributed by atoms with van der Waals surface area (Å²) in [6.45, 7) is 6.93. The van der Waals surface area contributed by atoms with Crippen molar-refractivity contribution in [3.05, 3.63) is 28.9 Å². The van der Waals surface area contributed by atoms with Crippen LogP contribution in [0.5, 0.6) is 5.88 Å². The van der Waals surface area contributed by atoms with Crippen LogP contribution in [0.15, 0.2) is 17.5 Å². The second kappa shape index (κ2) is 3.04. The molecule has 0 spiro atoms. The number of nitrogens with zero attached hydrogens (tertiary/aromatic N) is 2. The van der Waals surface area contributed by atoms with E-state index in [1.807, 2.05) is 11.4 Å². The lowest BCUT2D eigenvalue weighted by Crippen LogP contribution is -1.86. The highest BCUT2D eigenvalue weighted by molar-refractivity contribution is 7.17. The maximum Gasteiger partial charge on any atom is 0.248 e. The summed E-state index contributed by atoms with van der Waals surface area (Å²) in [5, 5.41) is 1.95. The van der Waals surface area contributed by atoms with Gasteiger partial charge in [-0.15, -0.1) is 11.3 Å². The van der Waals surface area contributed by atoms with E-state index >= 15 is 0 Å². The Balaban J connectivity index is 2.76. The normalized spacial score (nSPS) is 9.85. The minimum atomic E-state index is 0.404. The minimum absolute atomic E-state index is 0.404. The smallest absolute Gasteiger partial charge is 0.248 e. The zero-order chi connectivity index (χ0) is 9.26. The van der Waals surface area contributed by atoms with E-state index in [4.69, 9.17) is 11.3 Å². The molecule has 2 aromatic rings. The van der Waals surface area contributed by atoms with Crippen LogP contribution in [-0.2, 0) is 0 Å². The maximum atomic E-state index is 6.93. The molecule has 4 heteroatoms. The molecule has 2 aromatic heterocycles. The average Bonchev–Trinajstić information content (AvgIpc) is 2.62. The number of fused-ring (bicyclic) bond motifs is 1. The first kappa shape index (κ1) is 8.02. The van der Waals surface area contributed by atoms with E-state index in [2.05, 4.69) is 9.83 Å². The second-order valence-electron chi connectivity index (χ2n) is 2.43. The molecule has 0 N–H and O–H groups in total. The summed E-state index contributed by atoms with van der Waals surface area (Å²) >= 11 is 1.57. The van der Waals surface area contributed by atoms with E-state index in [9.17, 15) is 0 Å². The van der Waals surface area contributed by atoms with Gasteiger partial charge in [-0.05, 0) is 17.5 Å². The fraction of sp³-hybridized carbons (Fsp3) is 0.111. The molecule has 64 valence electrons. The lowest BCUT2D eigenvalue weighted by Gasteiger charge is -2.00. The van der Waals surface area contributed by atoms with E-state index in [-0.39, 0.29) is 0 Å². The number of hydrogen-bond acceptors (Lipinski definition) is 3. The predicted molar refractivity (Wildman–Crippen MR) is 52.4 cm³/mol. The molecular formula is C9H6N2OS. The maximum absolute atomic E-state index is 6.93. The highest BCUT2D eigenvalue weighted by Crippen LogP contribution is 2.31. The largest absolute Gasteiger partial charge is 0.490 e. The molecule has 0 bridgehead atoms. The molecule has 0 fully saturated rings. The number of rotatable bonds is 1. The summed E-state index contributed by atoms with van der Waals surface area (Å²) in [7, 11) is 1.52. The van der Waals surface area contributed by atoms with Gasteiger partial charge in [0.1, 0.15) is 0 Å². The van der Waals surface area contributed by atoms with Gasteiger partial charge >= 0.3 is 0 Å². The van der Waals surface area contributed by atoms with Crippen LogP contribution in [-0.4, -0.2) is 12.1 Å². The van der Waals surface area contributed by atoms with Gasteiger partial charge in [0, 0.05) is 4.70 Å². The molecule has 0 amide bonds. The van der Waals surface area contributed by atoms with Crippen LogP contribution in [0.3, 0.4) is 0 Å². The summed E-state index contributed by atoms with van der Waals surface area (Å²) in [5.41, 5.74) is 1.35. The first-order valence-corrected chi connectivity index (χ1v) is 4.53. The molecule has 0 aliphatic rings. The third kappa shape index (κ3) is 1.23. The number of thiophene rings is 1. The number of ether oxygens (including phenoxy) is 1. The number of aromatic nitrogens is 1.